The summed E-state index contributed by atoms with van der Waals surface area (Å²) in [5, 5.41) is 0. The van der Waals surface area contributed by atoms with Gasteiger partial charge < -0.3 is 0 Å². The van der Waals surface area contributed by atoms with Crippen LogP contribution in [0.4, 0.5) is 0 Å². The van der Waals surface area contributed by atoms with Crippen LogP contribution in [0.5, 0.6) is 0 Å². The van der Waals surface area contributed by atoms with Gasteiger partial charge in [0.25, 0.3) is 0 Å². The molecule has 17 heavy (non-hydrogen) atoms. The Balaban J connectivity index is 2.35. The molecular formula is C16H30O. The van der Waals surface area contributed by atoms with Crippen LogP contribution in [-0.4, -0.2) is 5.78 Å². The van der Waals surface area contributed by atoms with Crippen LogP contribution < -0.4 is 0 Å². The number of ketones is 1. The maximum absolute atomic E-state index is 11.7. The maximum atomic E-state index is 11.7. The van der Waals surface area contributed by atoms with Crippen molar-refractivity contribution >= 4 is 5.78 Å². The van der Waals surface area contributed by atoms with Gasteiger partial charge in [0.1, 0.15) is 5.78 Å². The van der Waals surface area contributed by atoms with Crippen LogP contribution >= 0.6 is 0 Å². The molecule has 0 spiro atoms. The van der Waals surface area contributed by atoms with Crippen molar-refractivity contribution in [2.24, 2.45) is 5.41 Å². The third-order valence-electron chi connectivity index (χ3n) is 4.14. The molecule has 1 saturated carbocycles. The standard InChI is InChI=1S/C16H30O/c1-16(2)13-10-8-6-4-3-5-7-9-11-15(17)12-14-16/h3-14H2,1-2H3. The SMILES string of the molecule is CC1(C)CCCCCCCCCCC(=O)CC1. The van der Waals surface area contributed by atoms with E-state index in [1.54, 1.807) is 0 Å². The van der Waals surface area contributed by atoms with Crippen LogP contribution in [0, 0.1) is 5.41 Å². The second-order valence-electron chi connectivity index (χ2n) is 6.53. The van der Waals surface area contributed by atoms with Gasteiger partial charge in [0.15, 0.2) is 0 Å². The van der Waals surface area contributed by atoms with Crippen LogP contribution in [0.25, 0.3) is 0 Å². The van der Waals surface area contributed by atoms with Gasteiger partial charge in [-0.2, -0.15) is 0 Å². The summed E-state index contributed by atoms with van der Waals surface area (Å²) in [6.07, 6.45) is 14.7. The van der Waals surface area contributed by atoms with E-state index in [0.29, 0.717) is 11.2 Å². The quantitative estimate of drug-likeness (QED) is 0.561. The molecule has 0 unspecified atom stereocenters. The molecule has 0 bridgehead atoms. The highest BCUT2D eigenvalue weighted by Gasteiger charge is 2.18. The first kappa shape index (κ1) is 14.7. The molecule has 0 atom stereocenters. The van der Waals surface area contributed by atoms with Crippen LogP contribution in [-0.2, 0) is 4.79 Å². The Kier molecular flexibility index (Phi) is 6.84. The van der Waals surface area contributed by atoms with E-state index >= 15 is 0 Å². The predicted octanol–water partition coefficient (Wildman–Crippen LogP) is 5.28. The van der Waals surface area contributed by atoms with Crippen molar-refractivity contribution in [2.45, 2.75) is 90.9 Å². The summed E-state index contributed by atoms with van der Waals surface area (Å²) < 4.78 is 0. The van der Waals surface area contributed by atoms with Crippen molar-refractivity contribution in [1.29, 1.82) is 0 Å². The van der Waals surface area contributed by atoms with E-state index in [-0.39, 0.29) is 0 Å². The minimum absolute atomic E-state index is 0.375. The van der Waals surface area contributed by atoms with Gasteiger partial charge in [-0.3, -0.25) is 4.79 Å². The Hall–Kier alpha value is -0.330. The van der Waals surface area contributed by atoms with E-state index in [9.17, 15) is 4.79 Å². The number of Topliss-reactive ketones (excluding diaryl/α,β-unsaturated/α-hetero) is 1. The van der Waals surface area contributed by atoms with E-state index < -0.39 is 0 Å². The molecule has 0 radical (unpaired) electrons. The minimum atomic E-state index is 0.375. The van der Waals surface area contributed by atoms with E-state index in [0.717, 1.165) is 25.7 Å². The fourth-order valence-electron chi connectivity index (χ4n) is 2.71. The zero-order chi connectivity index (χ0) is 12.6. The Morgan fingerprint density at radius 3 is 1.88 bits per heavy atom. The fourth-order valence-corrected chi connectivity index (χ4v) is 2.71. The van der Waals surface area contributed by atoms with E-state index in [1.165, 1.54) is 51.4 Å². The molecule has 1 heteroatoms. The lowest BCUT2D eigenvalue weighted by molar-refractivity contribution is -0.119. The summed E-state index contributed by atoms with van der Waals surface area (Å²) in [5.74, 6) is 0.495. The minimum Gasteiger partial charge on any atom is -0.300 e. The summed E-state index contributed by atoms with van der Waals surface area (Å²) in [6, 6.07) is 0. The van der Waals surface area contributed by atoms with Crippen molar-refractivity contribution in [1.82, 2.24) is 0 Å². The molecule has 100 valence electrons. The Morgan fingerprint density at radius 1 is 0.706 bits per heavy atom. The van der Waals surface area contributed by atoms with Crippen molar-refractivity contribution in [3.05, 3.63) is 0 Å². The number of carbonyl (C=O) groups is 1. The normalized spacial score (nSPS) is 25.2. The fraction of sp³-hybridized carbons (Fsp3) is 0.938. The van der Waals surface area contributed by atoms with Gasteiger partial charge in [-0.25, -0.2) is 0 Å². The lowest BCUT2D eigenvalue weighted by Crippen LogP contribution is -2.14. The van der Waals surface area contributed by atoms with Gasteiger partial charge in [-0.15, -0.1) is 0 Å². The second-order valence-corrected chi connectivity index (χ2v) is 6.53. The van der Waals surface area contributed by atoms with Gasteiger partial charge in [-0.05, 0) is 24.7 Å². The highest BCUT2D eigenvalue weighted by molar-refractivity contribution is 5.78. The van der Waals surface area contributed by atoms with Crippen LogP contribution in [0.1, 0.15) is 90.9 Å². The van der Waals surface area contributed by atoms with E-state index in [4.69, 9.17) is 0 Å². The third-order valence-corrected chi connectivity index (χ3v) is 4.14. The lowest BCUT2D eigenvalue weighted by atomic mass is 9.81. The largest absolute Gasteiger partial charge is 0.300 e. The Labute approximate surface area is 107 Å². The van der Waals surface area contributed by atoms with Crippen molar-refractivity contribution in [3.8, 4) is 0 Å². The molecule has 0 amide bonds. The monoisotopic (exact) mass is 238 g/mol. The maximum Gasteiger partial charge on any atom is 0.132 e. The summed E-state index contributed by atoms with van der Waals surface area (Å²) in [6.45, 7) is 4.65. The van der Waals surface area contributed by atoms with Gasteiger partial charge in [0.2, 0.25) is 0 Å². The summed E-state index contributed by atoms with van der Waals surface area (Å²) >= 11 is 0. The molecule has 0 aliphatic heterocycles. The van der Waals surface area contributed by atoms with Crippen LogP contribution in [0.3, 0.4) is 0 Å². The molecule has 0 aromatic carbocycles. The third kappa shape index (κ3) is 7.57. The van der Waals surface area contributed by atoms with Gasteiger partial charge in [0, 0.05) is 12.8 Å². The van der Waals surface area contributed by atoms with Crippen LogP contribution in [0.2, 0.25) is 0 Å². The molecule has 1 aliphatic carbocycles. The highest BCUT2D eigenvalue weighted by Crippen LogP contribution is 2.30. The summed E-state index contributed by atoms with van der Waals surface area (Å²) in [5.41, 5.74) is 0.375. The van der Waals surface area contributed by atoms with Crippen molar-refractivity contribution in [3.63, 3.8) is 0 Å². The van der Waals surface area contributed by atoms with Crippen LogP contribution in [0.15, 0.2) is 0 Å². The van der Waals surface area contributed by atoms with E-state index in [2.05, 4.69) is 13.8 Å². The molecule has 0 aromatic rings. The van der Waals surface area contributed by atoms with Gasteiger partial charge in [-0.1, -0.05) is 58.8 Å². The zero-order valence-corrected chi connectivity index (χ0v) is 11.9. The molecular weight excluding hydrogens is 208 g/mol. The first-order chi connectivity index (χ1) is 8.10. The molecule has 0 saturated heterocycles. The Morgan fingerprint density at radius 2 is 1.24 bits per heavy atom. The van der Waals surface area contributed by atoms with Crippen molar-refractivity contribution < 1.29 is 4.79 Å². The molecule has 1 rings (SSSR count). The molecule has 0 aromatic heterocycles. The molecule has 1 fully saturated rings. The predicted molar refractivity (Wildman–Crippen MR) is 74.2 cm³/mol. The van der Waals surface area contributed by atoms with Crippen molar-refractivity contribution in [2.75, 3.05) is 0 Å². The first-order valence-electron chi connectivity index (χ1n) is 7.62. The van der Waals surface area contributed by atoms with Gasteiger partial charge in [0.05, 0.1) is 0 Å². The summed E-state index contributed by atoms with van der Waals surface area (Å²) in [4.78, 5) is 11.7. The second kappa shape index (κ2) is 7.89. The number of rotatable bonds is 0. The smallest absolute Gasteiger partial charge is 0.132 e. The zero-order valence-electron chi connectivity index (χ0n) is 11.9. The summed E-state index contributed by atoms with van der Waals surface area (Å²) in [7, 11) is 0. The first-order valence-corrected chi connectivity index (χ1v) is 7.62. The number of hydrogen-bond donors (Lipinski definition) is 0. The Bertz CT molecular complexity index is 218. The topological polar surface area (TPSA) is 17.1 Å². The molecule has 0 heterocycles. The number of hydrogen-bond acceptors (Lipinski definition) is 1. The average molecular weight is 238 g/mol. The molecule has 1 aliphatic rings. The van der Waals surface area contributed by atoms with E-state index in [1.807, 2.05) is 0 Å². The lowest BCUT2D eigenvalue weighted by Gasteiger charge is -2.24. The average Bonchev–Trinajstić information content (AvgIpc) is 2.28. The number of carbonyl (C=O) groups excluding carboxylic acids is 1. The molecule has 0 N–H and O–H groups in total. The van der Waals surface area contributed by atoms with Gasteiger partial charge >= 0.3 is 0 Å². The molecule has 1 nitrogen and oxygen atoms in total. The highest BCUT2D eigenvalue weighted by atomic mass is 16.1.